The van der Waals surface area contributed by atoms with Gasteiger partial charge in [-0.15, -0.1) is 0 Å². The Hall–Kier alpha value is -4.23. The number of alkyl halides is 3. The first-order valence-corrected chi connectivity index (χ1v) is 12.1. The molecule has 210 valence electrons. The quantitative estimate of drug-likeness (QED) is 0.309. The number of carbonyl (C=O) groups is 1. The Balaban J connectivity index is 1.55. The minimum atomic E-state index is -5.27. The van der Waals surface area contributed by atoms with Gasteiger partial charge in [-0.05, 0) is 49.4 Å². The van der Waals surface area contributed by atoms with E-state index in [0.29, 0.717) is 10.9 Å². The fourth-order valence-electron chi connectivity index (χ4n) is 4.57. The van der Waals surface area contributed by atoms with Gasteiger partial charge in [0.2, 0.25) is 5.60 Å². The number of methoxy groups -OCH3 is 1. The number of carbonyl (C=O) groups excluding carboxylic acids is 1. The number of nitrogens with one attached hydrogen (secondary N) is 1. The van der Waals surface area contributed by atoms with Crippen LogP contribution < -0.4 is 20.5 Å². The van der Waals surface area contributed by atoms with Crippen LogP contribution >= 0.6 is 0 Å². The standard InChI is InChI=1S/C27H25F4N5O4/c1-25(32)13-40-23-18(25)10-20(34-22(23)14-4-6-17(28)7-5-14)26(38,27(29,30)31)12-33-24(37)15-8-16-11-36(2)35-21(16)19(9-15)39-3/h4-11,38H,12-13,32H2,1-3H3,(H,33,37)/t25-,26?/m0/s1. The number of hydrogen-bond acceptors (Lipinski definition) is 7. The van der Waals surface area contributed by atoms with E-state index in [2.05, 4.69) is 15.4 Å². The number of aryl methyl sites for hydroxylation is 1. The third kappa shape index (κ3) is 4.60. The first kappa shape index (κ1) is 27.3. The van der Waals surface area contributed by atoms with Crippen LogP contribution in [0.1, 0.15) is 28.5 Å². The number of nitrogens with two attached hydrogens (primary N) is 1. The van der Waals surface area contributed by atoms with E-state index in [0.717, 1.165) is 18.2 Å². The maximum Gasteiger partial charge on any atom is 0.424 e. The van der Waals surface area contributed by atoms with Gasteiger partial charge in [0.05, 0.1) is 24.9 Å². The van der Waals surface area contributed by atoms with E-state index in [9.17, 15) is 27.5 Å². The molecule has 1 aliphatic heterocycles. The van der Waals surface area contributed by atoms with Crippen LogP contribution in [0.5, 0.6) is 11.5 Å². The number of hydrogen-bond donors (Lipinski definition) is 3. The molecule has 1 aliphatic rings. The van der Waals surface area contributed by atoms with Gasteiger partial charge in [0, 0.05) is 35.3 Å². The van der Waals surface area contributed by atoms with Crippen LogP contribution in [0.25, 0.3) is 22.2 Å². The number of halogens is 4. The lowest BCUT2D eigenvalue weighted by Crippen LogP contribution is -2.51. The topological polar surface area (TPSA) is 125 Å². The van der Waals surface area contributed by atoms with E-state index in [1.54, 1.807) is 20.2 Å². The zero-order valence-corrected chi connectivity index (χ0v) is 21.6. The molecule has 13 heteroatoms. The van der Waals surface area contributed by atoms with E-state index in [1.165, 1.54) is 36.1 Å². The van der Waals surface area contributed by atoms with Crippen LogP contribution in [0, 0.1) is 5.82 Å². The molecule has 0 saturated carbocycles. The van der Waals surface area contributed by atoms with Gasteiger partial charge >= 0.3 is 6.18 Å². The maximum absolute atomic E-state index is 14.5. The van der Waals surface area contributed by atoms with Gasteiger partial charge in [0.25, 0.3) is 5.91 Å². The Morgan fingerprint density at radius 1 is 1.25 bits per heavy atom. The summed E-state index contributed by atoms with van der Waals surface area (Å²) in [6, 6.07) is 8.71. The Morgan fingerprint density at radius 2 is 1.95 bits per heavy atom. The Bertz CT molecular complexity index is 1620. The molecule has 4 aromatic rings. The number of nitrogens with zero attached hydrogens (tertiary/aromatic N) is 3. The normalized spacial score (nSPS) is 18.2. The summed E-state index contributed by atoms with van der Waals surface area (Å²) in [7, 11) is 3.05. The number of fused-ring (bicyclic) bond motifs is 2. The zero-order valence-electron chi connectivity index (χ0n) is 21.6. The van der Waals surface area contributed by atoms with Gasteiger partial charge in [0.15, 0.2) is 5.75 Å². The summed E-state index contributed by atoms with van der Waals surface area (Å²) < 4.78 is 69.6. The Morgan fingerprint density at radius 3 is 2.60 bits per heavy atom. The van der Waals surface area contributed by atoms with E-state index in [-0.39, 0.29) is 40.5 Å². The number of benzene rings is 2. The summed E-state index contributed by atoms with van der Waals surface area (Å²) in [5.74, 6) is -1.07. The highest BCUT2D eigenvalue weighted by atomic mass is 19.4. The molecule has 0 spiro atoms. The second-order valence-electron chi connectivity index (χ2n) is 9.91. The lowest BCUT2D eigenvalue weighted by Gasteiger charge is -2.31. The van der Waals surface area contributed by atoms with E-state index in [4.69, 9.17) is 15.2 Å². The third-order valence-corrected chi connectivity index (χ3v) is 6.79. The molecule has 9 nitrogen and oxygen atoms in total. The number of ether oxygens (including phenoxy) is 2. The third-order valence-electron chi connectivity index (χ3n) is 6.79. The fourth-order valence-corrected chi connectivity index (χ4v) is 4.57. The zero-order chi connectivity index (χ0) is 29.0. The van der Waals surface area contributed by atoms with Crippen LogP contribution in [0.15, 0.2) is 48.7 Å². The van der Waals surface area contributed by atoms with Crippen molar-refractivity contribution in [3.63, 3.8) is 0 Å². The molecule has 3 heterocycles. The average molecular weight is 560 g/mol. The Kier molecular flexibility index (Phi) is 6.46. The number of aromatic nitrogens is 3. The van der Waals surface area contributed by atoms with Crippen LogP contribution in [0.2, 0.25) is 0 Å². The molecule has 2 atom stereocenters. The van der Waals surface area contributed by atoms with Gasteiger partial charge in [-0.3, -0.25) is 9.48 Å². The number of pyridine rings is 1. The van der Waals surface area contributed by atoms with Crippen molar-refractivity contribution in [2.24, 2.45) is 12.8 Å². The van der Waals surface area contributed by atoms with Crippen molar-refractivity contribution >= 4 is 16.8 Å². The molecule has 2 aromatic carbocycles. The molecule has 1 amide bonds. The van der Waals surface area contributed by atoms with Gasteiger partial charge in [0.1, 0.15) is 29.4 Å². The molecule has 4 N–H and O–H groups in total. The van der Waals surface area contributed by atoms with Gasteiger partial charge in [-0.25, -0.2) is 9.37 Å². The lowest BCUT2D eigenvalue weighted by molar-refractivity contribution is -0.265. The van der Waals surface area contributed by atoms with Crippen molar-refractivity contribution in [2.75, 3.05) is 20.3 Å². The first-order valence-electron chi connectivity index (χ1n) is 12.1. The summed E-state index contributed by atoms with van der Waals surface area (Å²) in [5.41, 5.74) is 1.51. The summed E-state index contributed by atoms with van der Waals surface area (Å²) in [5, 5.41) is 18.1. The van der Waals surface area contributed by atoms with Crippen LogP contribution in [-0.4, -0.2) is 52.2 Å². The minimum absolute atomic E-state index is 0.00118. The smallest absolute Gasteiger partial charge is 0.424 e. The van der Waals surface area contributed by atoms with Gasteiger partial charge < -0.3 is 25.6 Å². The molecule has 0 fully saturated rings. The first-order chi connectivity index (χ1) is 18.7. The number of aliphatic hydroxyl groups is 1. The van der Waals surface area contributed by atoms with Crippen molar-refractivity contribution < 1.29 is 36.9 Å². The molecule has 40 heavy (non-hydrogen) atoms. The molecule has 2 aromatic heterocycles. The highest BCUT2D eigenvalue weighted by molar-refractivity contribution is 5.99. The highest BCUT2D eigenvalue weighted by Crippen LogP contribution is 2.46. The van der Waals surface area contributed by atoms with Crippen LogP contribution in [0.3, 0.4) is 0 Å². The predicted molar refractivity (Wildman–Crippen MR) is 136 cm³/mol. The molecule has 0 bridgehead atoms. The lowest BCUT2D eigenvalue weighted by atomic mass is 9.89. The fraction of sp³-hybridized carbons (Fsp3) is 0.296. The summed E-state index contributed by atoms with van der Waals surface area (Å²) in [4.78, 5) is 17.1. The van der Waals surface area contributed by atoms with Crippen LogP contribution in [-0.2, 0) is 18.2 Å². The average Bonchev–Trinajstić information content (AvgIpc) is 3.43. The second kappa shape index (κ2) is 9.45. The SMILES string of the molecule is COc1cc(C(=O)NCC(O)(c2cc3c(c(-c4ccc(F)cc4)n2)OC[C@]3(C)N)C(F)(F)F)cc2cn(C)nc12. The van der Waals surface area contributed by atoms with Crippen molar-refractivity contribution in [3.05, 3.63) is 71.3 Å². The Labute approximate surface area is 225 Å². The summed E-state index contributed by atoms with van der Waals surface area (Å²) in [6.45, 7) is 0.244. The van der Waals surface area contributed by atoms with Crippen LogP contribution in [0.4, 0.5) is 17.6 Å². The summed E-state index contributed by atoms with van der Waals surface area (Å²) >= 11 is 0. The predicted octanol–water partition coefficient (Wildman–Crippen LogP) is 3.53. The number of amides is 1. The molecule has 5 rings (SSSR count). The maximum atomic E-state index is 14.5. The molecule has 0 radical (unpaired) electrons. The van der Waals surface area contributed by atoms with Crippen molar-refractivity contribution in [1.82, 2.24) is 20.1 Å². The number of rotatable bonds is 6. The second-order valence-corrected chi connectivity index (χ2v) is 9.91. The molecule has 1 unspecified atom stereocenters. The highest BCUT2D eigenvalue weighted by Gasteiger charge is 2.57. The van der Waals surface area contributed by atoms with Crippen molar-refractivity contribution in [3.8, 4) is 22.8 Å². The minimum Gasteiger partial charge on any atom is -0.494 e. The summed E-state index contributed by atoms with van der Waals surface area (Å²) in [6.07, 6.45) is -3.64. The monoisotopic (exact) mass is 559 g/mol. The molecular formula is C27H25F4N5O4. The largest absolute Gasteiger partial charge is 0.494 e. The molecule has 0 saturated heterocycles. The van der Waals surface area contributed by atoms with E-state index in [1.807, 2.05) is 0 Å². The van der Waals surface area contributed by atoms with Gasteiger partial charge in [-0.2, -0.15) is 18.3 Å². The molecular weight excluding hydrogens is 534 g/mol. The van der Waals surface area contributed by atoms with Gasteiger partial charge in [-0.1, -0.05) is 0 Å². The van der Waals surface area contributed by atoms with Crippen molar-refractivity contribution in [2.45, 2.75) is 24.2 Å². The molecule has 0 aliphatic carbocycles. The van der Waals surface area contributed by atoms with E-state index >= 15 is 0 Å². The van der Waals surface area contributed by atoms with E-state index < -0.39 is 41.3 Å². The van der Waals surface area contributed by atoms with Crippen molar-refractivity contribution in [1.29, 1.82) is 0 Å².